The highest BCUT2D eigenvalue weighted by molar-refractivity contribution is 5.76. The predicted molar refractivity (Wildman–Crippen MR) is 39.7 cm³/mol. The van der Waals surface area contributed by atoms with Crippen LogP contribution < -0.4 is 5.32 Å². The molecule has 3 nitrogen and oxygen atoms in total. The van der Waals surface area contributed by atoms with Gasteiger partial charge in [0.05, 0.1) is 0 Å². The molecule has 0 atom stereocenters. The molecule has 0 saturated carbocycles. The first-order valence-corrected chi connectivity index (χ1v) is 3.82. The van der Waals surface area contributed by atoms with Crippen LogP contribution in [0.3, 0.4) is 0 Å². The number of carbonyl (C=O) groups is 1. The van der Waals surface area contributed by atoms with Crippen molar-refractivity contribution in [3.63, 3.8) is 0 Å². The SMILES string of the molecule is CCN1CCNC(=O)CC1. The Morgan fingerprint density at radius 3 is 3.10 bits per heavy atom. The van der Waals surface area contributed by atoms with Crippen LogP contribution in [0.15, 0.2) is 0 Å². The fourth-order valence-corrected chi connectivity index (χ4v) is 1.13. The van der Waals surface area contributed by atoms with Crippen LogP contribution in [0.4, 0.5) is 0 Å². The summed E-state index contributed by atoms with van der Waals surface area (Å²) in [6.07, 6.45) is 0.661. The first-order valence-electron chi connectivity index (χ1n) is 3.82. The molecule has 1 heterocycles. The number of amides is 1. The molecule has 1 fully saturated rings. The van der Waals surface area contributed by atoms with Gasteiger partial charge in [0.15, 0.2) is 0 Å². The Bertz CT molecular complexity index is 125. The zero-order valence-electron chi connectivity index (χ0n) is 6.39. The molecule has 0 aliphatic carbocycles. The van der Waals surface area contributed by atoms with Gasteiger partial charge in [-0.05, 0) is 6.54 Å². The molecule has 1 N–H and O–H groups in total. The van der Waals surface area contributed by atoms with E-state index in [2.05, 4.69) is 17.1 Å². The molecule has 0 bridgehead atoms. The Morgan fingerprint density at radius 2 is 2.40 bits per heavy atom. The maximum Gasteiger partial charge on any atom is 0.221 e. The van der Waals surface area contributed by atoms with E-state index in [0.717, 1.165) is 26.2 Å². The van der Waals surface area contributed by atoms with Crippen LogP contribution in [-0.4, -0.2) is 37.0 Å². The lowest BCUT2D eigenvalue weighted by Crippen LogP contribution is -2.28. The minimum Gasteiger partial charge on any atom is -0.355 e. The van der Waals surface area contributed by atoms with Crippen LogP contribution in [0.2, 0.25) is 0 Å². The second-order valence-corrected chi connectivity index (χ2v) is 2.53. The quantitative estimate of drug-likeness (QED) is 0.551. The number of nitrogens with one attached hydrogen (secondary N) is 1. The van der Waals surface area contributed by atoms with Crippen molar-refractivity contribution in [3.05, 3.63) is 0 Å². The van der Waals surface area contributed by atoms with Crippen LogP contribution in [0.1, 0.15) is 13.3 Å². The minimum atomic E-state index is 0.191. The van der Waals surface area contributed by atoms with Gasteiger partial charge in [0.25, 0.3) is 0 Å². The van der Waals surface area contributed by atoms with E-state index in [1.807, 2.05) is 0 Å². The zero-order chi connectivity index (χ0) is 7.40. The Labute approximate surface area is 61.4 Å². The summed E-state index contributed by atoms with van der Waals surface area (Å²) in [6.45, 7) is 5.90. The van der Waals surface area contributed by atoms with Crippen LogP contribution in [-0.2, 0) is 4.79 Å². The Morgan fingerprint density at radius 1 is 1.60 bits per heavy atom. The summed E-state index contributed by atoms with van der Waals surface area (Å²) < 4.78 is 0. The van der Waals surface area contributed by atoms with Gasteiger partial charge in [0, 0.05) is 26.1 Å². The zero-order valence-corrected chi connectivity index (χ0v) is 6.39. The van der Waals surface area contributed by atoms with Crippen molar-refractivity contribution in [2.45, 2.75) is 13.3 Å². The Hall–Kier alpha value is -0.570. The summed E-state index contributed by atoms with van der Waals surface area (Å²) >= 11 is 0. The maximum atomic E-state index is 10.8. The highest BCUT2D eigenvalue weighted by Crippen LogP contribution is 1.94. The van der Waals surface area contributed by atoms with E-state index in [1.54, 1.807) is 0 Å². The Kier molecular flexibility index (Phi) is 2.68. The molecule has 1 rings (SSSR count). The molecule has 1 aliphatic rings. The first kappa shape index (κ1) is 7.54. The highest BCUT2D eigenvalue weighted by Gasteiger charge is 2.10. The van der Waals surface area contributed by atoms with E-state index in [1.165, 1.54) is 0 Å². The fraction of sp³-hybridized carbons (Fsp3) is 0.857. The average molecular weight is 142 g/mol. The van der Waals surface area contributed by atoms with Crippen molar-refractivity contribution < 1.29 is 4.79 Å². The maximum absolute atomic E-state index is 10.8. The molecular weight excluding hydrogens is 128 g/mol. The third-order valence-electron chi connectivity index (χ3n) is 1.85. The van der Waals surface area contributed by atoms with Crippen molar-refractivity contribution >= 4 is 5.91 Å². The van der Waals surface area contributed by atoms with Gasteiger partial charge in [0.1, 0.15) is 0 Å². The van der Waals surface area contributed by atoms with E-state index in [-0.39, 0.29) is 5.91 Å². The lowest BCUT2D eigenvalue weighted by Gasteiger charge is -2.14. The summed E-state index contributed by atoms with van der Waals surface area (Å²) in [6, 6.07) is 0. The summed E-state index contributed by atoms with van der Waals surface area (Å²) in [5.74, 6) is 0.191. The van der Waals surface area contributed by atoms with Crippen molar-refractivity contribution in [1.82, 2.24) is 10.2 Å². The molecule has 1 aliphatic heterocycles. The monoisotopic (exact) mass is 142 g/mol. The summed E-state index contributed by atoms with van der Waals surface area (Å²) in [5, 5.41) is 2.83. The molecule has 0 aromatic carbocycles. The largest absolute Gasteiger partial charge is 0.355 e. The van der Waals surface area contributed by atoms with E-state index in [9.17, 15) is 4.79 Å². The molecule has 0 aromatic rings. The number of carbonyl (C=O) groups excluding carboxylic acids is 1. The van der Waals surface area contributed by atoms with Gasteiger partial charge >= 0.3 is 0 Å². The molecule has 0 unspecified atom stereocenters. The molecule has 1 saturated heterocycles. The van der Waals surface area contributed by atoms with Crippen molar-refractivity contribution in [2.75, 3.05) is 26.2 Å². The number of nitrogens with zero attached hydrogens (tertiary/aromatic N) is 1. The molecule has 0 aromatic heterocycles. The molecule has 0 spiro atoms. The second-order valence-electron chi connectivity index (χ2n) is 2.53. The highest BCUT2D eigenvalue weighted by atomic mass is 16.1. The van der Waals surface area contributed by atoms with Crippen molar-refractivity contribution in [3.8, 4) is 0 Å². The lowest BCUT2D eigenvalue weighted by molar-refractivity contribution is -0.120. The molecule has 10 heavy (non-hydrogen) atoms. The third kappa shape index (κ3) is 1.99. The fourth-order valence-electron chi connectivity index (χ4n) is 1.13. The average Bonchev–Trinajstić information content (AvgIpc) is 2.14. The third-order valence-corrected chi connectivity index (χ3v) is 1.85. The molecule has 1 amide bonds. The topological polar surface area (TPSA) is 32.3 Å². The summed E-state index contributed by atoms with van der Waals surface area (Å²) in [5.41, 5.74) is 0. The lowest BCUT2D eigenvalue weighted by atomic mass is 10.4. The normalized spacial score (nSPS) is 21.9. The van der Waals surface area contributed by atoms with E-state index < -0.39 is 0 Å². The van der Waals surface area contributed by atoms with Gasteiger partial charge in [0.2, 0.25) is 5.91 Å². The molecular formula is C7H14N2O. The first-order chi connectivity index (χ1) is 4.83. The molecule has 58 valence electrons. The number of hydrogen-bond acceptors (Lipinski definition) is 2. The predicted octanol–water partition coefficient (Wildman–Crippen LogP) is -0.172. The Balaban J connectivity index is 2.33. The number of rotatable bonds is 1. The van der Waals surface area contributed by atoms with Gasteiger partial charge in [-0.25, -0.2) is 0 Å². The van der Waals surface area contributed by atoms with Crippen molar-refractivity contribution in [1.29, 1.82) is 0 Å². The van der Waals surface area contributed by atoms with Crippen molar-refractivity contribution in [2.24, 2.45) is 0 Å². The standard InChI is InChI=1S/C7H14N2O/c1-2-9-5-3-7(10)8-4-6-9/h2-6H2,1H3,(H,8,10). The second kappa shape index (κ2) is 3.56. The smallest absolute Gasteiger partial charge is 0.221 e. The summed E-state index contributed by atoms with van der Waals surface area (Å²) in [4.78, 5) is 13.1. The van der Waals surface area contributed by atoms with Gasteiger partial charge in [-0.15, -0.1) is 0 Å². The van der Waals surface area contributed by atoms with Gasteiger partial charge in [-0.2, -0.15) is 0 Å². The van der Waals surface area contributed by atoms with E-state index in [0.29, 0.717) is 6.42 Å². The van der Waals surface area contributed by atoms with Gasteiger partial charge in [-0.1, -0.05) is 6.92 Å². The van der Waals surface area contributed by atoms with E-state index >= 15 is 0 Å². The van der Waals surface area contributed by atoms with E-state index in [4.69, 9.17) is 0 Å². The number of hydrogen-bond donors (Lipinski definition) is 1. The van der Waals surface area contributed by atoms with Crippen LogP contribution in [0, 0.1) is 0 Å². The molecule has 3 heteroatoms. The van der Waals surface area contributed by atoms with Crippen LogP contribution >= 0.6 is 0 Å². The number of likely N-dealkylation sites (N-methyl/N-ethyl adjacent to an activating group) is 1. The van der Waals surface area contributed by atoms with Gasteiger partial charge in [-0.3, -0.25) is 4.79 Å². The molecule has 0 radical (unpaired) electrons. The van der Waals surface area contributed by atoms with Gasteiger partial charge < -0.3 is 10.2 Å². The summed E-state index contributed by atoms with van der Waals surface area (Å²) in [7, 11) is 0. The minimum absolute atomic E-state index is 0.191. The van der Waals surface area contributed by atoms with Crippen LogP contribution in [0.5, 0.6) is 0 Å². The van der Waals surface area contributed by atoms with Crippen LogP contribution in [0.25, 0.3) is 0 Å².